The van der Waals surface area contributed by atoms with E-state index in [9.17, 15) is 0 Å². The fourth-order valence-electron chi connectivity index (χ4n) is 7.68. The Morgan fingerprint density at radius 1 is 0.309 bits per heavy atom. The molecular formula is C51H35N3S. The number of benzene rings is 9. The van der Waals surface area contributed by atoms with Crippen LogP contribution in [0.2, 0.25) is 0 Å². The molecule has 10 aromatic rings. The van der Waals surface area contributed by atoms with Gasteiger partial charge in [0.1, 0.15) is 5.01 Å². The van der Waals surface area contributed by atoms with Crippen LogP contribution in [0.25, 0.3) is 53.5 Å². The van der Waals surface area contributed by atoms with E-state index in [-0.39, 0.29) is 0 Å². The summed E-state index contributed by atoms with van der Waals surface area (Å²) in [7, 11) is 0. The van der Waals surface area contributed by atoms with Gasteiger partial charge in [-0.25, -0.2) is 4.98 Å². The molecule has 0 unspecified atom stereocenters. The molecule has 1 aromatic heterocycles. The molecule has 0 spiro atoms. The molecular weight excluding hydrogens is 687 g/mol. The average molecular weight is 722 g/mol. The van der Waals surface area contributed by atoms with Crippen LogP contribution < -0.4 is 9.80 Å². The lowest BCUT2D eigenvalue weighted by atomic mass is 9.99. The predicted octanol–water partition coefficient (Wildman–Crippen LogP) is 14.9. The van der Waals surface area contributed by atoms with E-state index >= 15 is 0 Å². The van der Waals surface area contributed by atoms with Crippen molar-refractivity contribution < 1.29 is 0 Å². The molecule has 10 rings (SSSR count). The van der Waals surface area contributed by atoms with Crippen molar-refractivity contribution in [2.45, 2.75) is 0 Å². The van der Waals surface area contributed by atoms with Gasteiger partial charge < -0.3 is 9.80 Å². The topological polar surface area (TPSA) is 19.4 Å². The Bertz CT molecular complexity index is 2890. The summed E-state index contributed by atoms with van der Waals surface area (Å²) in [6.07, 6.45) is 0. The van der Waals surface area contributed by atoms with Gasteiger partial charge in [-0.05, 0) is 94.7 Å². The molecule has 0 saturated carbocycles. The summed E-state index contributed by atoms with van der Waals surface area (Å²) < 4.78 is 1.20. The van der Waals surface area contributed by atoms with Gasteiger partial charge in [0.25, 0.3) is 0 Å². The minimum Gasteiger partial charge on any atom is -0.310 e. The van der Waals surface area contributed by atoms with E-state index < -0.39 is 0 Å². The van der Waals surface area contributed by atoms with Crippen LogP contribution in [0.4, 0.5) is 34.1 Å². The maximum absolute atomic E-state index is 5.44. The van der Waals surface area contributed by atoms with Crippen molar-refractivity contribution in [3.05, 3.63) is 212 Å². The van der Waals surface area contributed by atoms with Gasteiger partial charge in [-0.1, -0.05) is 140 Å². The number of thiazole rings is 1. The summed E-state index contributed by atoms with van der Waals surface area (Å²) >= 11 is 1.77. The molecule has 0 saturated heterocycles. The first-order valence-corrected chi connectivity index (χ1v) is 19.4. The number of rotatable bonds is 8. The van der Waals surface area contributed by atoms with Gasteiger partial charge in [-0.15, -0.1) is 11.3 Å². The fourth-order valence-corrected chi connectivity index (χ4v) is 8.80. The summed E-state index contributed by atoms with van der Waals surface area (Å²) in [5, 5.41) is 5.79. The highest BCUT2D eigenvalue weighted by atomic mass is 32.1. The van der Waals surface area contributed by atoms with Crippen molar-refractivity contribution in [1.29, 1.82) is 0 Å². The van der Waals surface area contributed by atoms with Crippen molar-refractivity contribution in [1.82, 2.24) is 4.98 Å². The van der Waals surface area contributed by atoms with E-state index in [0.29, 0.717) is 0 Å². The van der Waals surface area contributed by atoms with Crippen molar-refractivity contribution in [3.8, 4) is 21.7 Å². The SMILES string of the molecule is c1ccc(-c2cccc(N(c3ccccc3)c3cccc(-c4nc5c6ccc(N(c7ccccc7)c7ccccc7)cc6c6ccccc6c5s4)c3)c2)cc1. The minimum atomic E-state index is 1.000. The zero-order chi connectivity index (χ0) is 36.6. The van der Waals surface area contributed by atoms with Crippen LogP contribution in [0.5, 0.6) is 0 Å². The highest BCUT2D eigenvalue weighted by Gasteiger charge is 2.19. The van der Waals surface area contributed by atoms with Crippen molar-refractivity contribution >= 4 is 77.2 Å². The van der Waals surface area contributed by atoms with Gasteiger partial charge in [0, 0.05) is 50.5 Å². The molecule has 260 valence electrons. The lowest BCUT2D eigenvalue weighted by Gasteiger charge is -2.26. The summed E-state index contributed by atoms with van der Waals surface area (Å²) in [5.74, 6) is 0. The third-order valence-electron chi connectivity index (χ3n) is 10.2. The normalized spacial score (nSPS) is 11.3. The molecule has 0 aliphatic rings. The first-order valence-electron chi connectivity index (χ1n) is 18.5. The van der Waals surface area contributed by atoms with Crippen LogP contribution in [-0.4, -0.2) is 4.98 Å². The van der Waals surface area contributed by atoms with Crippen molar-refractivity contribution in [2.24, 2.45) is 0 Å². The number of para-hydroxylation sites is 3. The Hall–Kier alpha value is -7.01. The molecule has 0 atom stereocenters. The lowest BCUT2D eigenvalue weighted by molar-refractivity contribution is 1.28. The number of aromatic nitrogens is 1. The highest BCUT2D eigenvalue weighted by Crippen LogP contribution is 2.45. The lowest BCUT2D eigenvalue weighted by Crippen LogP contribution is -2.10. The third-order valence-corrected chi connectivity index (χ3v) is 11.3. The Morgan fingerprint density at radius 3 is 1.38 bits per heavy atom. The Morgan fingerprint density at radius 2 is 0.764 bits per heavy atom. The maximum Gasteiger partial charge on any atom is 0.124 e. The predicted molar refractivity (Wildman–Crippen MR) is 235 cm³/mol. The molecule has 0 radical (unpaired) electrons. The van der Waals surface area contributed by atoms with E-state index in [4.69, 9.17) is 4.98 Å². The standard InChI is InChI=1S/C51H35N3S/c1-5-17-36(18-6-1)37-19-15-27-42(33-37)54(41-25-11-4-12-26-41)43-28-16-20-38(34-43)51-52-49-46-32-31-44(35-48(46)45-29-13-14-30-47(45)50(49)55-51)53(39-21-7-2-8-22-39)40-23-9-3-10-24-40/h1-35H. The summed E-state index contributed by atoms with van der Waals surface area (Å²) in [4.78, 5) is 10.1. The van der Waals surface area contributed by atoms with Crippen LogP contribution in [0, 0.1) is 0 Å². The smallest absolute Gasteiger partial charge is 0.124 e. The largest absolute Gasteiger partial charge is 0.310 e. The van der Waals surface area contributed by atoms with Gasteiger partial charge in [0.05, 0.1) is 10.2 Å². The molecule has 0 N–H and O–H groups in total. The second-order valence-electron chi connectivity index (χ2n) is 13.6. The zero-order valence-corrected chi connectivity index (χ0v) is 30.8. The number of hydrogen-bond donors (Lipinski definition) is 0. The Balaban J connectivity index is 1.11. The van der Waals surface area contributed by atoms with E-state index in [1.165, 1.54) is 32.0 Å². The Labute approximate surface area is 324 Å². The molecule has 0 aliphatic carbocycles. The Kier molecular flexibility index (Phi) is 8.36. The quantitative estimate of drug-likeness (QED) is 0.146. The van der Waals surface area contributed by atoms with Crippen LogP contribution in [-0.2, 0) is 0 Å². The van der Waals surface area contributed by atoms with Crippen molar-refractivity contribution in [2.75, 3.05) is 9.80 Å². The number of anilines is 6. The van der Waals surface area contributed by atoms with E-state index in [1.807, 2.05) is 0 Å². The number of nitrogens with zero attached hydrogens (tertiary/aromatic N) is 3. The van der Waals surface area contributed by atoms with Gasteiger partial charge in [-0.3, -0.25) is 0 Å². The van der Waals surface area contributed by atoms with Gasteiger partial charge >= 0.3 is 0 Å². The number of fused-ring (bicyclic) bond motifs is 6. The molecule has 55 heavy (non-hydrogen) atoms. The average Bonchev–Trinajstić information content (AvgIpc) is 3.72. The summed E-state index contributed by atoms with van der Waals surface area (Å²) in [5.41, 5.74) is 11.1. The number of hydrogen-bond acceptors (Lipinski definition) is 4. The molecule has 1 heterocycles. The fraction of sp³-hybridized carbons (Fsp3) is 0. The first kappa shape index (κ1) is 32.6. The molecule has 4 heteroatoms. The van der Waals surface area contributed by atoms with E-state index in [2.05, 4.69) is 222 Å². The third kappa shape index (κ3) is 6.09. The monoisotopic (exact) mass is 721 g/mol. The van der Waals surface area contributed by atoms with Gasteiger partial charge in [-0.2, -0.15) is 0 Å². The molecule has 9 aromatic carbocycles. The first-order chi connectivity index (χ1) is 27.3. The maximum atomic E-state index is 5.44. The van der Waals surface area contributed by atoms with Gasteiger partial charge in [0.15, 0.2) is 0 Å². The zero-order valence-electron chi connectivity index (χ0n) is 30.0. The molecule has 0 aliphatic heterocycles. The van der Waals surface area contributed by atoms with Gasteiger partial charge in [0.2, 0.25) is 0 Å². The highest BCUT2D eigenvalue weighted by molar-refractivity contribution is 7.22. The molecule has 0 fully saturated rings. The second-order valence-corrected chi connectivity index (χ2v) is 14.6. The minimum absolute atomic E-state index is 1.000. The van der Waals surface area contributed by atoms with E-state index in [1.54, 1.807) is 11.3 Å². The molecule has 3 nitrogen and oxygen atoms in total. The van der Waals surface area contributed by atoms with Crippen molar-refractivity contribution in [3.63, 3.8) is 0 Å². The van der Waals surface area contributed by atoms with Crippen LogP contribution >= 0.6 is 11.3 Å². The molecule has 0 amide bonds. The van der Waals surface area contributed by atoms with Crippen LogP contribution in [0.1, 0.15) is 0 Å². The van der Waals surface area contributed by atoms with Crippen LogP contribution in [0.15, 0.2) is 212 Å². The van der Waals surface area contributed by atoms with E-state index in [0.717, 1.165) is 55.6 Å². The van der Waals surface area contributed by atoms with Crippen LogP contribution in [0.3, 0.4) is 0 Å². The summed E-state index contributed by atoms with van der Waals surface area (Å²) in [6.45, 7) is 0. The summed E-state index contributed by atoms with van der Waals surface area (Å²) in [6, 6.07) is 75.5. The molecule has 0 bridgehead atoms. The second kappa shape index (κ2) is 14.1.